The van der Waals surface area contributed by atoms with E-state index in [1.54, 1.807) is 42.5 Å². The molecule has 0 saturated heterocycles. The van der Waals surface area contributed by atoms with Gasteiger partial charge >= 0.3 is 0 Å². The topological polar surface area (TPSA) is 97.4 Å². The minimum atomic E-state index is -0.167. The molecule has 7 heteroatoms. The number of nitrogens with two attached hydrogens (primary N) is 1. The molecular formula is C27H26BrN3O3. The Bertz CT molecular complexity index is 1170. The van der Waals surface area contributed by atoms with Crippen LogP contribution >= 0.6 is 15.9 Å². The molecule has 34 heavy (non-hydrogen) atoms. The molecule has 3 N–H and O–H groups in total. The van der Waals surface area contributed by atoms with Crippen molar-refractivity contribution >= 4 is 21.8 Å². The molecule has 174 valence electrons. The van der Waals surface area contributed by atoms with E-state index >= 15 is 0 Å². The summed E-state index contributed by atoms with van der Waals surface area (Å²) in [6.45, 7) is 0.356. The molecule has 1 fully saturated rings. The Morgan fingerprint density at radius 1 is 0.971 bits per heavy atom. The molecule has 0 aromatic heterocycles. The Balaban J connectivity index is 1.53. The highest BCUT2D eigenvalue weighted by Gasteiger charge is 2.21. The Morgan fingerprint density at radius 2 is 1.65 bits per heavy atom. The van der Waals surface area contributed by atoms with E-state index in [1.165, 1.54) is 0 Å². The molecule has 0 heterocycles. The van der Waals surface area contributed by atoms with Crippen LogP contribution in [0.25, 0.3) is 0 Å². The molecule has 6 nitrogen and oxygen atoms in total. The van der Waals surface area contributed by atoms with Gasteiger partial charge in [0.2, 0.25) is 0 Å². The summed E-state index contributed by atoms with van der Waals surface area (Å²) < 4.78 is 13.0. The number of ether oxygens (including phenoxy) is 2. The number of nitrogens with one attached hydrogen (secondary N) is 1. The van der Waals surface area contributed by atoms with E-state index in [2.05, 4.69) is 27.3 Å². The van der Waals surface area contributed by atoms with Crippen LogP contribution in [0.15, 0.2) is 71.2 Å². The maximum atomic E-state index is 13.1. The highest BCUT2D eigenvalue weighted by Crippen LogP contribution is 2.29. The summed E-state index contributed by atoms with van der Waals surface area (Å²) >= 11 is 3.43. The molecule has 0 bridgehead atoms. The number of hydrogen-bond acceptors (Lipinski definition) is 5. The fourth-order valence-corrected chi connectivity index (χ4v) is 4.12. The number of rotatable bonds is 7. The first-order chi connectivity index (χ1) is 16.5. The van der Waals surface area contributed by atoms with Crippen molar-refractivity contribution < 1.29 is 14.3 Å². The lowest BCUT2D eigenvalue weighted by molar-refractivity contribution is 0.0925. The Morgan fingerprint density at radius 3 is 2.32 bits per heavy atom. The van der Waals surface area contributed by atoms with Crippen molar-refractivity contribution in [1.82, 2.24) is 5.32 Å². The molecule has 1 aliphatic rings. The lowest BCUT2D eigenvalue weighted by Crippen LogP contribution is -2.40. The summed E-state index contributed by atoms with van der Waals surface area (Å²) in [6, 6.07) is 22.3. The molecule has 0 atom stereocenters. The second-order valence-electron chi connectivity index (χ2n) is 8.43. The third-order valence-electron chi connectivity index (χ3n) is 5.79. The van der Waals surface area contributed by atoms with Crippen molar-refractivity contribution in [2.24, 2.45) is 5.73 Å². The molecule has 0 radical (unpaired) electrons. The molecule has 0 aliphatic heterocycles. The molecular weight excluding hydrogens is 494 g/mol. The predicted octanol–water partition coefficient (Wildman–Crippen LogP) is 5.69. The van der Waals surface area contributed by atoms with Crippen LogP contribution in [0.1, 0.15) is 47.2 Å². The standard InChI is InChI=1S/C27H26BrN3O3/c28-21-5-1-19(2-6-21)17-33-25-13-20(27(32)31-23-9-7-22(30)8-10-23)14-26(15-25)34-24-11-3-18(16-29)4-12-24/h1-6,11-15,22-23H,7-10,17,30H2,(H,31,32). The second-order valence-corrected chi connectivity index (χ2v) is 9.35. The highest BCUT2D eigenvalue weighted by atomic mass is 79.9. The van der Waals surface area contributed by atoms with Crippen LogP contribution < -0.4 is 20.5 Å². The summed E-state index contributed by atoms with van der Waals surface area (Å²) in [5.41, 5.74) is 8.01. The van der Waals surface area contributed by atoms with E-state index in [0.717, 1.165) is 35.7 Å². The highest BCUT2D eigenvalue weighted by molar-refractivity contribution is 9.10. The van der Waals surface area contributed by atoms with Gasteiger partial charge in [0, 0.05) is 28.2 Å². The van der Waals surface area contributed by atoms with E-state index < -0.39 is 0 Å². The second kappa shape index (κ2) is 11.2. The number of nitriles is 1. The zero-order chi connectivity index (χ0) is 23.9. The normalized spacial score (nSPS) is 17.4. The van der Waals surface area contributed by atoms with Gasteiger partial charge in [0.1, 0.15) is 23.9 Å². The smallest absolute Gasteiger partial charge is 0.251 e. The van der Waals surface area contributed by atoms with Crippen molar-refractivity contribution in [3.05, 3.63) is 87.9 Å². The van der Waals surface area contributed by atoms with E-state index in [-0.39, 0.29) is 18.0 Å². The number of amides is 1. The van der Waals surface area contributed by atoms with Crippen LogP contribution in [0.3, 0.4) is 0 Å². The first kappa shape index (κ1) is 23.8. The van der Waals surface area contributed by atoms with E-state index in [9.17, 15) is 4.79 Å². The molecule has 3 aromatic rings. The van der Waals surface area contributed by atoms with Crippen LogP contribution in [-0.4, -0.2) is 18.0 Å². The third-order valence-corrected chi connectivity index (χ3v) is 6.32. The summed E-state index contributed by atoms with van der Waals surface area (Å²) in [4.78, 5) is 13.1. The molecule has 3 aromatic carbocycles. The van der Waals surface area contributed by atoms with Gasteiger partial charge in [-0.15, -0.1) is 0 Å². The number of carbonyl (C=O) groups is 1. The minimum absolute atomic E-state index is 0.113. The van der Waals surface area contributed by atoms with Crippen LogP contribution in [0.4, 0.5) is 0 Å². The van der Waals surface area contributed by atoms with Gasteiger partial charge in [-0.2, -0.15) is 5.26 Å². The summed E-state index contributed by atoms with van der Waals surface area (Å²) in [5.74, 6) is 1.41. The summed E-state index contributed by atoms with van der Waals surface area (Å²) in [5, 5.41) is 12.1. The first-order valence-corrected chi connectivity index (χ1v) is 12.0. The van der Waals surface area contributed by atoms with Crippen molar-refractivity contribution in [3.63, 3.8) is 0 Å². The number of benzene rings is 3. The molecule has 1 amide bonds. The Kier molecular flexibility index (Phi) is 7.84. The lowest BCUT2D eigenvalue weighted by atomic mass is 9.91. The van der Waals surface area contributed by atoms with Gasteiger partial charge in [-0.05, 0) is 79.8 Å². The van der Waals surface area contributed by atoms with Crippen LogP contribution in [0.5, 0.6) is 17.2 Å². The van der Waals surface area contributed by atoms with E-state index in [4.69, 9.17) is 20.5 Å². The van der Waals surface area contributed by atoms with Crippen molar-refractivity contribution in [3.8, 4) is 23.3 Å². The van der Waals surface area contributed by atoms with Crippen LogP contribution in [-0.2, 0) is 6.61 Å². The molecule has 0 spiro atoms. The van der Waals surface area contributed by atoms with Gasteiger partial charge in [0.25, 0.3) is 5.91 Å². The number of hydrogen-bond donors (Lipinski definition) is 2. The van der Waals surface area contributed by atoms with Gasteiger partial charge in [0.05, 0.1) is 11.6 Å². The van der Waals surface area contributed by atoms with Gasteiger partial charge < -0.3 is 20.5 Å². The number of nitrogens with zero attached hydrogens (tertiary/aromatic N) is 1. The van der Waals surface area contributed by atoms with Crippen molar-refractivity contribution in [2.75, 3.05) is 0 Å². The molecule has 1 saturated carbocycles. The van der Waals surface area contributed by atoms with Crippen LogP contribution in [0.2, 0.25) is 0 Å². The quantitative estimate of drug-likeness (QED) is 0.417. The zero-order valence-electron chi connectivity index (χ0n) is 18.7. The first-order valence-electron chi connectivity index (χ1n) is 11.3. The van der Waals surface area contributed by atoms with Gasteiger partial charge in [-0.25, -0.2) is 0 Å². The average Bonchev–Trinajstić information content (AvgIpc) is 2.85. The largest absolute Gasteiger partial charge is 0.489 e. The maximum Gasteiger partial charge on any atom is 0.251 e. The lowest BCUT2D eigenvalue weighted by Gasteiger charge is -2.26. The summed E-state index contributed by atoms with van der Waals surface area (Å²) in [7, 11) is 0. The van der Waals surface area contributed by atoms with Gasteiger partial charge in [-0.3, -0.25) is 4.79 Å². The Hall–Kier alpha value is -3.34. The fourth-order valence-electron chi connectivity index (χ4n) is 3.86. The SMILES string of the molecule is N#Cc1ccc(Oc2cc(OCc3ccc(Br)cc3)cc(C(=O)NC3CCC(N)CC3)c2)cc1. The molecule has 0 unspecified atom stereocenters. The Labute approximate surface area is 207 Å². The average molecular weight is 520 g/mol. The van der Waals surface area contributed by atoms with Crippen molar-refractivity contribution in [1.29, 1.82) is 5.26 Å². The monoisotopic (exact) mass is 519 g/mol. The molecule has 4 rings (SSSR count). The molecule has 1 aliphatic carbocycles. The fraction of sp³-hybridized carbons (Fsp3) is 0.259. The maximum absolute atomic E-state index is 13.1. The van der Waals surface area contributed by atoms with Gasteiger partial charge in [-0.1, -0.05) is 28.1 Å². The minimum Gasteiger partial charge on any atom is -0.489 e. The predicted molar refractivity (Wildman–Crippen MR) is 134 cm³/mol. The zero-order valence-corrected chi connectivity index (χ0v) is 20.3. The third kappa shape index (κ3) is 6.60. The van der Waals surface area contributed by atoms with E-state index in [0.29, 0.717) is 35.0 Å². The summed E-state index contributed by atoms with van der Waals surface area (Å²) in [6.07, 6.45) is 3.57. The van der Waals surface area contributed by atoms with E-state index in [1.807, 2.05) is 24.3 Å². The number of carbonyl (C=O) groups excluding carboxylic acids is 1. The van der Waals surface area contributed by atoms with Gasteiger partial charge in [0.15, 0.2) is 0 Å². The van der Waals surface area contributed by atoms with Crippen LogP contribution in [0, 0.1) is 11.3 Å². The van der Waals surface area contributed by atoms with Crippen molar-refractivity contribution in [2.45, 2.75) is 44.4 Å². The number of halogens is 1.